The maximum absolute atomic E-state index is 14.9. The molecule has 234 valence electrons. The third kappa shape index (κ3) is 9.87. The molecule has 0 saturated heterocycles. The number of ether oxygens (including phenoxy) is 1. The average Bonchev–Trinajstić information content (AvgIpc) is 2.98. The van der Waals surface area contributed by atoms with Crippen molar-refractivity contribution >= 4 is 48.0 Å². The molecule has 0 aliphatic carbocycles. The summed E-state index contributed by atoms with van der Waals surface area (Å²) in [4.78, 5) is 30.5. The van der Waals surface area contributed by atoms with Gasteiger partial charge in [0.2, 0.25) is 5.91 Å². The summed E-state index contributed by atoms with van der Waals surface area (Å²) in [6.07, 6.45) is -0.992. The second-order valence-corrected chi connectivity index (χ2v) is 11.6. The molecule has 0 bridgehead atoms. The molecule has 1 N–H and O–H groups in total. The van der Waals surface area contributed by atoms with E-state index in [1.807, 2.05) is 0 Å². The molecule has 0 aliphatic heterocycles. The highest BCUT2D eigenvalue weighted by Crippen LogP contribution is 2.48. The maximum atomic E-state index is 14.9. The van der Waals surface area contributed by atoms with E-state index in [2.05, 4.69) is 23.9 Å². The molecule has 3 aromatic rings. The average molecular weight is 650 g/mol. The number of rotatable bonds is 14. The fourth-order valence-electron chi connectivity index (χ4n) is 3.92. The smallest absolute Gasteiger partial charge is 0.447 e. The van der Waals surface area contributed by atoms with Gasteiger partial charge in [0.25, 0.3) is 5.92 Å². The Labute approximate surface area is 249 Å². The molecule has 3 rings (SSSR count). The Balaban J connectivity index is 1.71. The number of aromatic nitrogens is 1. The number of carbonyl (C=O) groups is 2. The summed E-state index contributed by atoms with van der Waals surface area (Å²) in [7, 11) is -1.10. The van der Waals surface area contributed by atoms with Crippen molar-refractivity contribution in [3.8, 4) is 0 Å². The van der Waals surface area contributed by atoms with Crippen LogP contribution < -0.4 is 5.32 Å². The number of alkyl halides is 2. The number of carbonyl (C=O) groups excluding carboxylic acids is 2. The standard InChI is InChI=1S/C27H29ClF4N3O7P/c1-35(24(36)10-8-17-5-4-6-22(30)25(17)28)21(13-27(31,32)16-42-43(38,39-2)40-3)15-41-26(37)34-23-12-19-11-20(29)9-7-18(19)14-33-23/h4-7,9,11-12,14,21H,8,10,13,15-16H2,1-3H3,(H,33,34,37)/t21-/m0/s1. The van der Waals surface area contributed by atoms with Crippen molar-refractivity contribution in [2.24, 2.45) is 0 Å². The van der Waals surface area contributed by atoms with E-state index in [9.17, 15) is 31.7 Å². The van der Waals surface area contributed by atoms with Crippen molar-refractivity contribution in [1.82, 2.24) is 9.88 Å². The molecule has 43 heavy (non-hydrogen) atoms. The van der Waals surface area contributed by atoms with Gasteiger partial charge in [0.05, 0.1) is 11.1 Å². The van der Waals surface area contributed by atoms with Gasteiger partial charge in [-0.15, -0.1) is 0 Å². The van der Waals surface area contributed by atoms with E-state index in [1.165, 1.54) is 49.6 Å². The van der Waals surface area contributed by atoms with Gasteiger partial charge in [0.1, 0.15) is 30.7 Å². The van der Waals surface area contributed by atoms with Gasteiger partial charge in [-0.05, 0) is 47.7 Å². The van der Waals surface area contributed by atoms with E-state index < -0.39 is 63.1 Å². The normalized spacial score (nSPS) is 12.7. The van der Waals surface area contributed by atoms with E-state index in [-0.39, 0.29) is 23.7 Å². The lowest BCUT2D eigenvalue weighted by molar-refractivity contribution is -0.136. The quantitative estimate of drug-likeness (QED) is 0.153. The van der Waals surface area contributed by atoms with Gasteiger partial charge in [-0.25, -0.2) is 31.9 Å². The Hall–Kier alpha value is -3.29. The molecule has 2 aromatic carbocycles. The van der Waals surface area contributed by atoms with Crippen LogP contribution in [0.5, 0.6) is 0 Å². The van der Waals surface area contributed by atoms with Gasteiger partial charge >= 0.3 is 13.9 Å². The third-order valence-electron chi connectivity index (χ3n) is 6.32. The van der Waals surface area contributed by atoms with E-state index in [0.29, 0.717) is 16.3 Å². The van der Waals surface area contributed by atoms with Gasteiger partial charge < -0.3 is 9.64 Å². The number of halogens is 5. The van der Waals surface area contributed by atoms with Gasteiger partial charge in [-0.2, -0.15) is 0 Å². The van der Waals surface area contributed by atoms with Gasteiger partial charge in [0.15, 0.2) is 0 Å². The minimum absolute atomic E-state index is 0.00432. The topological polar surface area (TPSA) is 116 Å². The summed E-state index contributed by atoms with van der Waals surface area (Å²) >= 11 is 5.95. The first kappa shape index (κ1) is 34.2. The molecule has 0 unspecified atom stereocenters. The SMILES string of the molecule is COP(=O)(OC)OCC(F)(F)C[C@@H](COC(=O)Nc1cc2cc(F)ccc2cn1)N(C)C(=O)CCc1cccc(F)c1Cl. The molecule has 2 amide bonds. The van der Waals surface area contributed by atoms with E-state index in [1.54, 1.807) is 0 Å². The Bertz CT molecular complexity index is 1490. The van der Waals surface area contributed by atoms with Crippen LogP contribution in [-0.2, 0) is 34.1 Å². The highest BCUT2D eigenvalue weighted by Gasteiger charge is 2.39. The summed E-state index contributed by atoms with van der Waals surface area (Å²) in [6.45, 7) is -2.09. The van der Waals surface area contributed by atoms with Crippen LogP contribution in [0, 0.1) is 11.6 Å². The van der Waals surface area contributed by atoms with Crippen LogP contribution in [0.3, 0.4) is 0 Å². The number of amides is 2. The molecule has 1 atom stereocenters. The predicted molar refractivity (Wildman–Crippen MR) is 150 cm³/mol. The molecule has 0 spiro atoms. The first-order valence-corrected chi connectivity index (χ1v) is 14.5. The number of benzene rings is 2. The number of anilines is 1. The van der Waals surface area contributed by atoms with Crippen LogP contribution in [0.15, 0.2) is 48.7 Å². The summed E-state index contributed by atoms with van der Waals surface area (Å²) < 4.78 is 88.1. The van der Waals surface area contributed by atoms with Crippen LogP contribution in [0.4, 0.5) is 28.2 Å². The number of hydrogen-bond donors (Lipinski definition) is 1. The number of nitrogens with zero attached hydrogens (tertiary/aromatic N) is 2. The Morgan fingerprint density at radius 1 is 1.12 bits per heavy atom. The Morgan fingerprint density at radius 2 is 1.84 bits per heavy atom. The lowest BCUT2D eigenvalue weighted by atomic mass is 10.1. The second kappa shape index (κ2) is 14.9. The number of phosphoric ester groups is 1. The molecule has 1 aromatic heterocycles. The zero-order valence-corrected chi connectivity index (χ0v) is 25.0. The van der Waals surface area contributed by atoms with Crippen LogP contribution >= 0.6 is 19.4 Å². The predicted octanol–water partition coefficient (Wildman–Crippen LogP) is 6.62. The summed E-state index contributed by atoms with van der Waals surface area (Å²) in [5, 5.41) is 3.21. The summed E-state index contributed by atoms with van der Waals surface area (Å²) in [6, 6.07) is 8.07. The zero-order valence-electron chi connectivity index (χ0n) is 23.3. The van der Waals surface area contributed by atoms with Crippen LogP contribution in [0.2, 0.25) is 5.02 Å². The van der Waals surface area contributed by atoms with Crippen molar-refractivity contribution in [2.75, 3.05) is 39.8 Å². The van der Waals surface area contributed by atoms with Crippen molar-refractivity contribution in [1.29, 1.82) is 0 Å². The summed E-state index contributed by atoms with van der Waals surface area (Å²) in [5.41, 5.74) is 0.340. The number of aryl methyl sites for hydroxylation is 1. The van der Waals surface area contributed by atoms with E-state index in [0.717, 1.165) is 25.2 Å². The Morgan fingerprint density at radius 3 is 2.53 bits per heavy atom. The van der Waals surface area contributed by atoms with Crippen LogP contribution in [-0.4, -0.2) is 68.3 Å². The van der Waals surface area contributed by atoms with Gasteiger partial charge in [0, 0.05) is 45.7 Å². The molecule has 0 aliphatic rings. The molecular formula is C27H29ClF4N3O7P. The number of likely N-dealkylation sites (N-methyl/N-ethyl adjacent to an activating group) is 1. The molecule has 0 fully saturated rings. The molecule has 1 heterocycles. The molecular weight excluding hydrogens is 621 g/mol. The molecule has 0 saturated carbocycles. The fraction of sp³-hybridized carbons (Fsp3) is 0.370. The van der Waals surface area contributed by atoms with E-state index >= 15 is 0 Å². The number of pyridine rings is 1. The highest BCUT2D eigenvalue weighted by atomic mass is 35.5. The molecule has 16 heteroatoms. The van der Waals surface area contributed by atoms with Gasteiger partial charge in [-0.3, -0.25) is 23.7 Å². The Kier molecular flexibility index (Phi) is 11.9. The monoisotopic (exact) mass is 649 g/mol. The third-order valence-corrected chi connectivity index (χ3v) is 8.08. The lowest BCUT2D eigenvalue weighted by Gasteiger charge is -2.31. The fourth-order valence-corrected chi connectivity index (χ4v) is 4.85. The molecule has 10 nitrogen and oxygen atoms in total. The van der Waals surface area contributed by atoms with E-state index in [4.69, 9.17) is 16.3 Å². The number of hydrogen-bond acceptors (Lipinski definition) is 8. The number of phosphoric acid groups is 1. The maximum Gasteiger partial charge on any atom is 0.474 e. The van der Waals surface area contributed by atoms with Gasteiger partial charge in [-0.1, -0.05) is 23.7 Å². The highest BCUT2D eigenvalue weighted by molar-refractivity contribution is 7.48. The van der Waals surface area contributed by atoms with Crippen molar-refractivity contribution < 1.29 is 50.0 Å². The first-order chi connectivity index (χ1) is 20.3. The second-order valence-electron chi connectivity index (χ2n) is 9.30. The summed E-state index contributed by atoms with van der Waals surface area (Å²) in [5.74, 6) is -5.50. The molecule has 0 radical (unpaired) electrons. The van der Waals surface area contributed by atoms with Crippen molar-refractivity contribution in [3.63, 3.8) is 0 Å². The lowest BCUT2D eigenvalue weighted by Crippen LogP contribution is -2.45. The van der Waals surface area contributed by atoms with Crippen molar-refractivity contribution in [2.45, 2.75) is 31.2 Å². The number of fused-ring (bicyclic) bond motifs is 1. The van der Waals surface area contributed by atoms with Crippen LogP contribution in [0.25, 0.3) is 10.8 Å². The largest absolute Gasteiger partial charge is 0.474 e. The minimum atomic E-state index is -4.24. The van der Waals surface area contributed by atoms with Crippen LogP contribution in [0.1, 0.15) is 18.4 Å². The first-order valence-electron chi connectivity index (χ1n) is 12.7. The number of nitrogens with one attached hydrogen (secondary N) is 1. The zero-order chi connectivity index (χ0) is 31.8. The minimum Gasteiger partial charge on any atom is -0.447 e. The van der Waals surface area contributed by atoms with Crippen molar-refractivity contribution in [3.05, 3.63) is 70.9 Å².